The average Bonchev–Trinajstić information content (AvgIpc) is 3.58. The van der Waals surface area contributed by atoms with Crippen molar-refractivity contribution in [3.63, 3.8) is 0 Å². The number of aromatic nitrogens is 2. The quantitative estimate of drug-likeness (QED) is 0.360. The number of benzene rings is 1. The Hall–Kier alpha value is -3.25. The van der Waals surface area contributed by atoms with Gasteiger partial charge in [0.2, 0.25) is 5.91 Å². The third-order valence-corrected chi connectivity index (χ3v) is 11.6. The van der Waals surface area contributed by atoms with Gasteiger partial charge in [0.15, 0.2) is 0 Å². The van der Waals surface area contributed by atoms with Crippen LogP contribution in [0.1, 0.15) is 49.4 Å². The Morgan fingerprint density at radius 2 is 1.60 bits per heavy atom. The maximum atomic E-state index is 15.0. The van der Waals surface area contributed by atoms with E-state index in [2.05, 4.69) is 26.8 Å². The van der Waals surface area contributed by atoms with Crippen LogP contribution in [0, 0.1) is 11.8 Å². The molecule has 48 heavy (non-hydrogen) atoms. The first-order valence-corrected chi connectivity index (χ1v) is 17.5. The van der Waals surface area contributed by atoms with Crippen LogP contribution < -0.4 is 0 Å². The molecule has 1 amide bonds. The number of carbonyl (C=O) groups is 3. The van der Waals surface area contributed by atoms with Gasteiger partial charge in [-0.2, -0.15) is 0 Å². The average molecular weight is 700 g/mol. The fourth-order valence-electron chi connectivity index (χ4n) is 8.30. The zero-order valence-electron chi connectivity index (χ0n) is 28.0. The number of piperazine rings is 1. The molecule has 13 heteroatoms. The predicted octanol–water partition coefficient (Wildman–Crippen LogP) is 4.13. The highest BCUT2D eigenvalue weighted by atomic mass is 35.5. The van der Waals surface area contributed by atoms with Crippen LogP contribution in [0.2, 0.25) is 10.0 Å². The highest BCUT2D eigenvalue weighted by Crippen LogP contribution is 2.46. The van der Waals surface area contributed by atoms with Crippen LogP contribution in [0.15, 0.2) is 46.9 Å². The Morgan fingerprint density at radius 3 is 2.19 bits per heavy atom. The maximum absolute atomic E-state index is 15.0. The summed E-state index contributed by atoms with van der Waals surface area (Å²) in [5.41, 5.74) is 0.913. The number of methoxy groups -OCH3 is 2. The first kappa shape index (κ1) is 34.6. The van der Waals surface area contributed by atoms with Crippen LogP contribution in [0.25, 0.3) is 0 Å². The number of allylic oxidation sites excluding steroid dienone is 1. The number of rotatable bonds is 9. The Morgan fingerprint density at radius 1 is 0.938 bits per heavy atom. The summed E-state index contributed by atoms with van der Waals surface area (Å²) < 4.78 is 12.4. The molecular formula is C35H44Cl2N6O5. The zero-order valence-corrected chi connectivity index (χ0v) is 29.5. The first-order valence-electron chi connectivity index (χ1n) is 16.7. The highest BCUT2D eigenvalue weighted by Gasteiger charge is 2.49. The molecule has 258 valence electrons. The number of hydrogen-bond acceptors (Lipinski definition) is 9. The van der Waals surface area contributed by atoms with Gasteiger partial charge in [-0.25, -0.2) is 9.78 Å². The van der Waals surface area contributed by atoms with E-state index in [-0.39, 0.29) is 21.5 Å². The van der Waals surface area contributed by atoms with Gasteiger partial charge in [-0.15, -0.1) is 0 Å². The molecular weight excluding hydrogens is 655 g/mol. The molecule has 4 aliphatic rings. The van der Waals surface area contributed by atoms with Gasteiger partial charge in [-0.1, -0.05) is 29.3 Å². The molecule has 0 N–H and O–H groups in total. The number of aryl methyl sites for hydroxylation is 2. The molecule has 1 aromatic carbocycles. The molecule has 3 fully saturated rings. The van der Waals surface area contributed by atoms with Crippen LogP contribution in [-0.4, -0.2) is 114 Å². The fraction of sp³-hybridized carbons (Fsp3) is 0.571. The minimum Gasteiger partial charge on any atom is -0.469 e. The van der Waals surface area contributed by atoms with E-state index in [1.165, 1.54) is 33.3 Å². The molecule has 1 aromatic heterocycles. The zero-order chi connectivity index (χ0) is 34.1. The van der Waals surface area contributed by atoms with Gasteiger partial charge in [-0.3, -0.25) is 19.5 Å². The maximum Gasteiger partial charge on any atom is 0.335 e. The van der Waals surface area contributed by atoms with Crippen LogP contribution in [0.3, 0.4) is 0 Å². The van der Waals surface area contributed by atoms with Crippen molar-refractivity contribution in [3.8, 4) is 0 Å². The molecule has 0 aliphatic carbocycles. The summed E-state index contributed by atoms with van der Waals surface area (Å²) in [7, 11) is 6.69. The number of nitrogens with zero attached hydrogens (tertiary/aromatic N) is 6. The normalized spacial score (nSPS) is 26.9. The molecule has 0 radical (unpaired) electrons. The molecule has 5 unspecified atom stereocenters. The number of carbonyl (C=O) groups excluding carboxylic acids is 3. The Kier molecular flexibility index (Phi) is 10.6. The van der Waals surface area contributed by atoms with Crippen molar-refractivity contribution >= 4 is 47.3 Å². The number of ether oxygens (including phenoxy) is 2. The summed E-state index contributed by atoms with van der Waals surface area (Å²) in [5.74, 6) is -3.97. The number of aliphatic imine (C=N–C) groups is 1. The van der Waals surface area contributed by atoms with Crippen molar-refractivity contribution in [2.24, 2.45) is 23.9 Å². The topological polar surface area (TPSA) is 110 Å². The minimum absolute atomic E-state index is 0.138. The van der Waals surface area contributed by atoms with Gasteiger partial charge >= 0.3 is 11.9 Å². The molecule has 0 spiro atoms. The number of amides is 1. The molecule has 4 aliphatic heterocycles. The summed E-state index contributed by atoms with van der Waals surface area (Å²) >= 11 is 13.7. The van der Waals surface area contributed by atoms with Crippen molar-refractivity contribution in [2.75, 3.05) is 47.4 Å². The second-order valence-electron chi connectivity index (χ2n) is 13.3. The SMILES string of the molecule is COC(=O)C1=C(CCc2nccn2C)N=CC(C(=O)OC)C1C(C(=O)N1CCN(C2CC3CCC(C2)N3C)CC1)c1c(Cl)cccc1Cl. The van der Waals surface area contributed by atoms with E-state index in [4.69, 9.17) is 32.7 Å². The second kappa shape index (κ2) is 14.7. The summed E-state index contributed by atoms with van der Waals surface area (Å²) in [6, 6.07) is 6.79. The Labute approximate surface area is 291 Å². The van der Waals surface area contributed by atoms with Crippen LogP contribution in [-0.2, 0) is 37.3 Å². The van der Waals surface area contributed by atoms with Crippen molar-refractivity contribution in [1.29, 1.82) is 0 Å². The monoisotopic (exact) mass is 698 g/mol. The fourth-order valence-corrected chi connectivity index (χ4v) is 8.93. The van der Waals surface area contributed by atoms with E-state index in [0.29, 0.717) is 55.3 Å². The Bertz CT molecular complexity index is 1570. The van der Waals surface area contributed by atoms with E-state index >= 15 is 0 Å². The lowest BCUT2D eigenvalue weighted by Crippen LogP contribution is -2.57. The molecule has 0 saturated carbocycles. The summed E-state index contributed by atoms with van der Waals surface area (Å²) in [4.78, 5) is 58.0. The standard InChI is InChI=1S/C35H44Cl2N6O5/c1-40-13-12-38-28(40)11-10-27-31(35(46)48-4)29(24(20-39-27)34(45)47-3)32(30-25(36)6-5-7-26(30)37)33(44)43-16-14-42(15-17-43)23-18-21-8-9-22(19-23)41(21)2/h5-7,12-13,20-24,29,32H,8-11,14-19H2,1-4H3. The van der Waals surface area contributed by atoms with Crippen LogP contribution >= 0.6 is 23.2 Å². The van der Waals surface area contributed by atoms with Crippen LogP contribution in [0.5, 0.6) is 0 Å². The second-order valence-corrected chi connectivity index (χ2v) is 14.1. The number of hydrogen-bond donors (Lipinski definition) is 0. The van der Waals surface area contributed by atoms with Crippen molar-refractivity contribution in [3.05, 3.63) is 63.3 Å². The lowest BCUT2D eigenvalue weighted by molar-refractivity contribution is -0.146. The van der Waals surface area contributed by atoms with E-state index in [9.17, 15) is 14.4 Å². The van der Waals surface area contributed by atoms with Crippen molar-refractivity contribution in [2.45, 2.75) is 62.6 Å². The Balaban J connectivity index is 1.36. The number of esters is 2. The van der Waals surface area contributed by atoms with E-state index in [1.807, 2.05) is 22.7 Å². The first-order chi connectivity index (χ1) is 23.1. The smallest absolute Gasteiger partial charge is 0.335 e. The number of fused-ring (bicyclic) bond motifs is 2. The summed E-state index contributed by atoms with van der Waals surface area (Å²) in [5, 5.41) is 0.539. The molecule has 5 heterocycles. The third kappa shape index (κ3) is 6.66. The van der Waals surface area contributed by atoms with E-state index in [1.54, 1.807) is 24.4 Å². The largest absolute Gasteiger partial charge is 0.469 e. The molecule has 11 nitrogen and oxygen atoms in total. The number of halogens is 2. The molecule has 2 aromatic rings. The number of piperidine rings is 1. The highest BCUT2D eigenvalue weighted by molar-refractivity contribution is 6.36. The lowest BCUT2D eigenvalue weighted by Gasteiger charge is -2.46. The van der Waals surface area contributed by atoms with E-state index < -0.39 is 29.7 Å². The molecule has 5 atom stereocenters. The molecule has 2 bridgehead atoms. The van der Waals surface area contributed by atoms with Gasteiger partial charge in [0.05, 0.1) is 31.4 Å². The minimum atomic E-state index is -1.09. The van der Waals surface area contributed by atoms with Crippen molar-refractivity contribution in [1.82, 2.24) is 24.3 Å². The number of imidazole rings is 1. The van der Waals surface area contributed by atoms with Gasteiger partial charge in [-0.05, 0) is 51.3 Å². The van der Waals surface area contributed by atoms with Gasteiger partial charge in [0.1, 0.15) is 11.7 Å². The van der Waals surface area contributed by atoms with Gasteiger partial charge in [0.25, 0.3) is 0 Å². The predicted molar refractivity (Wildman–Crippen MR) is 183 cm³/mol. The van der Waals surface area contributed by atoms with Crippen molar-refractivity contribution < 1.29 is 23.9 Å². The van der Waals surface area contributed by atoms with E-state index in [0.717, 1.165) is 31.8 Å². The summed E-state index contributed by atoms with van der Waals surface area (Å²) in [6.45, 7) is 2.49. The third-order valence-electron chi connectivity index (χ3n) is 11.0. The van der Waals surface area contributed by atoms with Crippen LogP contribution in [0.4, 0.5) is 0 Å². The molecule has 6 rings (SSSR count). The summed E-state index contributed by atoms with van der Waals surface area (Å²) in [6.07, 6.45) is 10.6. The lowest BCUT2D eigenvalue weighted by atomic mass is 9.71. The van der Waals surface area contributed by atoms with Gasteiger partial charge < -0.3 is 23.8 Å². The van der Waals surface area contributed by atoms with Gasteiger partial charge in [0, 0.05) is 97.9 Å². The molecule has 3 saturated heterocycles.